The Balaban J connectivity index is 0.000000557. The SMILES string of the molecule is CC(=O)[O-].CC(=O)c1cc[n+](C)c(C(C)=O)c1. The maximum Gasteiger partial charge on any atom is 0.248 e. The number of pyridine rings is 1. The van der Waals surface area contributed by atoms with E-state index in [0.29, 0.717) is 11.3 Å². The first-order valence-corrected chi connectivity index (χ1v) is 4.94. The van der Waals surface area contributed by atoms with E-state index in [-0.39, 0.29) is 11.6 Å². The zero-order valence-electron chi connectivity index (χ0n) is 10.3. The van der Waals surface area contributed by atoms with Crippen molar-refractivity contribution in [3.05, 3.63) is 29.6 Å². The molecule has 92 valence electrons. The van der Waals surface area contributed by atoms with Crippen LogP contribution in [0, 0.1) is 0 Å². The van der Waals surface area contributed by atoms with Crippen LogP contribution in [0.4, 0.5) is 0 Å². The van der Waals surface area contributed by atoms with E-state index < -0.39 is 5.97 Å². The number of aryl methyl sites for hydroxylation is 1. The van der Waals surface area contributed by atoms with Gasteiger partial charge in [-0.25, -0.2) is 0 Å². The van der Waals surface area contributed by atoms with Gasteiger partial charge in [0.05, 0.1) is 0 Å². The van der Waals surface area contributed by atoms with Crippen LogP contribution >= 0.6 is 0 Å². The van der Waals surface area contributed by atoms with E-state index >= 15 is 0 Å². The summed E-state index contributed by atoms with van der Waals surface area (Å²) < 4.78 is 1.70. The Morgan fingerprint density at radius 2 is 1.59 bits per heavy atom. The van der Waals surface area contributed by atoms with Gasteiger partial charge in [-0.2, -0.15) is 4.57 Å². The van der Waals surface area contributed by atoms with Crippen molar-refractivity contribution in [2.75, 3.05) is 0 Å². The molecule has 0 aromatic carbocycles. The molecule has 17 heavy (non-hydrogen) atoms. The molecule has 0 aliphatic heterocycles. The highest BCUT2D eigenvalue weighted by Gasteiger charge is 2.13. The summed E-state index contributed by atoms with van der Waals surface area (Å²) in [5.41, 5.74) is 1.12. The molecule has 0 radical (unpaired) electrons. The number of carbonyl (C=O) groups excluding carboxylic acids is 3. The molecule has 0 saturated carbocycles. The Labute approximate surface area is 99.7 Å². The molecule has 0 fully saturated rings. The van der Waals surface area contributed by atoms with Crippen LogP contribution in [0.25, 0.3) is 0 Å². The second kappa shape index (κ2) is 6.52. The van der Waals surface area contributed by atoms with Crippen LogP contribution in [0.5, 0.6) is 0 Å². The van der Waals surface area contributed by atoms with Gasteiger partial charge in [0.15, 0.2) is 12.0 Å². The Morgan fingerprint density at radius 3 is 1.94 bits per heavy atom. The Hall–Kier alpha value is -2.04. The van der Waals surface area contributed by atoms with E-state index in [1.54, 1.807) is 29.9 Å². The number of hydrogen-bond acceptors (Lipinski definition) is 4. The number of Topliss-reactive ketones (excluding diaryl/α,β-unsaturated/α-hetero) is 2. The first kappa shape index (κ1) is 15.0. The van der Waals surface area contributed by atoms with E-state index in [0.717, 1.165) is 6.92 Å². The minimum absolute atomic E-state index is 0.0249. The van der Waals surface area contributed by atoms with Crippen LogP contribution in [0.15, 0.2) is 18.3 Å². The maximum atomic E-state index is 11.1. The van der Waals surface area contributed by atoms with Gasteiger partial charge in [-0.3, -0.25) is 9.59 Å². The maximum absolute atomic E-state index is 11.1. The summed E-state index contributed by atoms with van der Waals surface area (Å²) in [4.78, 5) is 31.0. The molecule has 0 aliphatic carbocycles. The highest BCUT2D eigenvalue weighted by atomic mass is 16.4. The number of rotatable bonds is 2. The van der Waals surface area contributed by atoms with Crippen molar-refractivity contribution in [1.29, 1.82) is 0 Å². The first-order chi connectivity index (χ1) is 7.75. The molecule has 0 amide bonds. The second-order valence-electron chi connectivity index (χ2n) is 3.52. The molecule has 0 N–H and O–H groups in total. The van der Waals surface area contributed by atoms with E-state index in [1.807, 2.05) is 0 Å². The van der Waals surface area contributed by atoms with Gasteiger partial charge >= 0.3 is 0 Å². The Bertz CT molecular complexity index is 448. The number of carbonyl (C=O) groups is 3. The fourth-order valence-corrected chi connectivity index (χ4v) is 1.14. The normalized spacial score (nSPS) is 8.94. The van der Waals surface area contributed by atoms with Gasteiger partial charge in [-0.1, -0.05) is 0 Å². The number of carboxylic acids is 1. The van der Waals surface area contributed by atoms with E-state index in [9.17, 15) is 9.59 Å². The van der Waals surface area contributed by atoms with Gasteiger partial charge in [0, 0.05) is 30.6 Å². The third-order valence-electron chi connectivity index (χ3n) is 1.92. The molecule has 5 heteroatoms. The lowest BCUT2D eigenvalue weighted by atomic mass is 10.1. The number of aromatic nitrogens is 1. The van der Waals surface area contributed by atoms with E-state index in [4.69, 9.17) is 9.90 Å². The van der Waals surface area contributed by atoms with Crippen molar-refractivity contribution in [2.24, 2.45) is 7.05 Å². The van der Waals surface area contributed by atoms with Gasteiger partial charge in [0.1, 0.15) is 7.05 Å². The molecule has 0 spiro atoms. The van der Waals surface area contributed by atoms with E-state index in [1.165, 1.54) is 13.8 Å². The minimum Gasteiger partial charge on any atom is -0.550 e. The fourth-order valence-electron chi connectivity index (χ4n) is 1.14. The van der Waals surface area contributed by atoms with Crippen LogP contribution in [0.1, 0.15) is 41.6 Å². The molecule has 0 saturated heterocycles. The topological polar surface area (TPSA) is 78.2 Å². The summed E-state index contributed by atoms with van der Waals surface area (Å²) in [5.74, 6) is -1.14. The molecule has 0 atom stereocenters. The summed E-state index contributed by atoms with van der Waals surface area (Å²) in [6.07, 6.45) is 1.72. The van der Waals surface area contributed by atoms with Crippen LogP contribution in [0.3, 0.4) is 0 Å². The number of nitrogens with zero attached hydrogens (tertiary/aromatic N) is 1. The number of ketones is 2. The van der Waals surface area contributed by atoms with Crippen molar-refractivity contribution in [3.8, 4) is 0 Å². The monoisotopic (exact) mass is 237 g/mol. The second-order valence-corrected chi connectivity index (χ2v) is 3.52. The Morgan fingerprint density at radius 1 is 1.12 bits per heavy atom. The standard InChI is InChI=1S/C10H12NO2.C2H4O2/c1-7(12)9-4-5-11(3)10(6-9)8(2)13;1-2(3)4/h4-6H,1-3H3;1H3,(H,3,4)/q+1;/p-1. The van der Waals surface area contributed by atoms with Gasteiger partial charge < -0.3 is 9.90 Å². The van der Waals surface area contributed by atoms with Gasteiger partial charge in [0.2, 0.25) is 11.5 Å². The van der Waals surface area contributed by atoms with Crippen LogP contribution in [0.2, 0.25) is 0 Å². The molecule has 0 unspecified atom stereocenters. The predicted molar refractivity (Wildman–Crippen MR) is 58.3 cm³/mol. The molecule has 1 aromatic heterocycles. The number of aliphatic carboxylic acids is 1. The molecular weight excluding hydrogens is 222 g/mol. The quantitative estimate of drug-likeness (QED) is 0.521. The highest BCUT2D eigenvalue weighted by molar-refractivity contribution is 5.97. The van der Waals surface area contributed by atoms with Crippen molar-refractivity contribution in [2.45, 2.75) is 20.8 Å². The lowest BCUT2D eigenvalue weighted by molar-refractivity contribution is -0.673. The van der Waals surface area contributed by atoms with Crippen LogP contribution in [-0.4, -0.2) is 17.5 Å². The molecule has 0 aliphatic rings. The van der Waals surface area contributed by atoms with E-state index in [2.05, 4.69) is 0 Å². The van der Waals surface area contributed by atoms with Crippen molar-refractivity contribution in [3.63, 3.8) is 0 Å². The Kier molecular flexibility index (Phi) is 5.74. The largest absolute Gasteiger partial charge is 0.550 e. The summed E-state index contributed by atoms with van der Waals surface area (Å²) in [6.45, 7) is 3.94. The van der Waals surface area contributed by atoms with Crippen molar-refractivity contribution in [1.82, 2.24) is 0 Å². The average molecular weight is 237 g/mol. The summed E-state index contributed by atoms with van der Waals surface area (Å²) in [5, 5.41) is 8.89. The number of hydrogen-bond donors (Lipinski definition) is 0. The van der Waals surface area contributed by atoms with Gasteiger partial charge in [-0.05, 0) is 13.8 Å². The van der Waals surface area contributed by atoms with Gasteiger partial charge in [-0.15, -0.1) is 0 Å². The highest BCUT2D eigenvalue weighted by Crippen LogP contribution is 2.01. The molecule has 1 aromatic rings. The predicted octanol–water partition coefficient (Wildman–Crippen LogP) is -0.328. The summed E-state index contributed by atoms with van der Waals surface area (Å²) in [7, 11) is 1.78. The molecular formula is C12H15NO4. The first-order valence-electron chi connectivity index (χ1n) is 4.94. The zero-order valence-corrected chi connectivity index (χ0v) is 10.3. The van der Waals surface area contributed by atoms with Gasteiger partial charge in [0.25, 0.3) is 0 Å². The number of carboxylic acid groups (broad SMARTS) is 1. The average Bonchev–Trinajstić information content (AvgIpc) is 2.16. The fraction of sp³-hybridized carbons (Fsp3) is 0.333. The third-order valence-corrected chi connectivity index (χ3v) is 1.92. The lowest BCUT2D eigenvalue weighted by Crippen LogP contribution is -2.35. The van der Waals surface area contributed by atoms with Crippen LogP contribution < -0.4 is 9.67 Å². The van der Waals surface area contributed by atoms with Crippen molar-refractivity contribution < 1.29 is 24.1 Å². The molecule has 0 bridgehead atoms. The summed E-state index contributed by atoms with van der Waals surface area (Å²) >= 11 is 0. The molecule has 1 rings (SSSR count). The minimum atomic E-state index is -1.08. The molecule has 5 nitrogen and oxygen atoms in total. The van der Waals surface area contributed by atoms with Crippen molar-refractivity contribution >= 4 is 17.5 Å². The van der Waals surface area contributed by atoms with Crippen LogP contribution in [-0.2, 0) is 11.8 Å². The summed E-state index contributed by atoms with van der Waals surface area (Å²) in [6, 6.07) is 3.32. The molecule has 1 heterocycles. The third kappa shape index (κ3) is 5.55. The smallest absolute Gasteiger partial charge is 0.248 e. The lowest BCUT2D eigenvalue weighted by Gasteiger charge is -1.97. The zero-order chi connectivity index (χ0) is 13.6.